The van der Waals surface area contributed by atoms with E-state index in [1.54, 1.807) is 34.6 Å². The summed E-state index contributed by atoms with van der Waals surface area (Å²) < 4.78 is 23.9. The highest BCUT2D eigenvalue weighted by molar-refractivity contribution is 7.16. The Morgan fingerprint density at radius 1 is 0.842 bits per heavy atom. The number of nitrogen functional groups attached to an aromatic ring is 2. The molecule has 4 aromatic rings. The lowest BCUT2D eigenvalue weighted by Gasteiger charge is -2.25. The van der Waals surface area contributed by atoms with Gasteiger partial charge in [-0.2, -0.15) is 19.8 Å². The van der Waals surface area contributed by atoms with Crippen LogP contribution in [0.4, 0.5) is 11.9 Å². The number of fused-ring (bicyclic) bond motifs is 2. The van der Waals surface area contributed by atoms with Crippen molar-refractivity contribution in [1.29, 1.82) is 0 Å². The third-order valence-electron chi connectivity index (χ3n) is 9.29. The molecule has 312 valence electrons. The zero-order valence-electron chi connectivity index (χ0n) is 31.0. The number of thiazole rings is 2. The van der Waals surface area contributed by atoms with Crippen molar-refractivity contribution in [3.63, 3.8) is 0 Å². The second-order valence-electron chi connectivity index (χ2n) is 14.7. The molecular weight excluding hydrogens is 801 g/mol. The molecule has 2 aliphatic rings. The lowest BCUT2D eigenvalue weighted by atomic mass is 9.87. The molecule has 0 saturated carbocycles. The van der Waals surface area contributed by atoms with Gasteiger partial charge in [-0.1, -0.05) is 57.3 Å². The zero-order chi connectivity index (χ0) is 41.8. The van der Waals surface area contributed by atoms with E-state index in [1.165, 1.54) is 0 Å². The van der Waals surface area contributed by atoms with Crippen molar-refractivity contribution in [2.24, 2.45) is 22.8 Å². The van der Waals surface area contributed by atoms with E-state index in [2.05, 4.69) is 19.9 Å². The van der Waals surface area contributed by atoms with E-state index in [0.717, 1.165) is 9.13 Å². The maximum atomic E-state index is 13.4. The van der Waals surface area contributed by atoms with Gasteiger partial charge in [0.05, 0.1) is 0 Å². The molecule has 26 heteroatoms. The van der Waals surface area contributed by atoms with Crippen LogP contribution >= 0.6 is 22.7 Å². The van der Waals surface area contributed by atoms with E-state index < -0.39 is 119 Å². The predicted octanol–water partition coefficient (Wildman–Crippen LogP) is -2.82. The number of hydrogen-bond acceptors (Lipinski definition) is 23. The highest BCUT2D eigenvalue weighted by Crippen LogP contribution is 2.37. The van der Waals surface area contributed by atoms with Crippen LogP contribution < -0.4 is 43.1 Å². The number of nitrogens with two attached hydrogens (primary N) is 4. The number of aliphatic hydroxyl groups excluding tert-OH is 3. The Labute approximate surface area is 328 Å². The Hall–Kier alpha value is -4.64. The predicted molar refractivity (Wildman–Crippen MR) is 199 cm³/mol. The fraction of sp³-hybridized carbons (Fsp3) is 0.613. The Morgan fingerprint density at radius 3 is 2.04 bits per heavy atom. The van der Waals surface area contributed by atoms with Gasteiger partial charge in [-0.3, -0.25) is 38.1 Å². The fourth-order valence-corrected chi connectivity index (χ4v) is 7.58. The highest BCUT2D eigenvalue weighted by atomic mass is 32.1. The lowest BCUT2D eigenvalue weighted by Crippen LogP contribution is -2.44. The van der Waals surface area contributed by atoms with Gasteiger partial charge in [-0.05, 0) is 11.3 Å². The molecule has 0 unspecified atom stereocenters. The van der Waals surface area contributed by atoms with Gasteiger partial charge in [0.1, 0.15) is 65.2 Å². The molecule has 0 amide bonds. The highest BCUT2D eigenvalue weighted by Gasteiger charge is 2.50. The number of nitrogens with one attached hydrogen (secondary N) is 1. The topological polar surface area (TPSA) is 370 Å². The first kappa shape index (κ1) is 42.0. The van der Waals surface area contributed by atoms with E-state index in [1.807, 2.05) is 0 Å². The van der Waals surface area contributed by atoms with Gasteiger partial charge >= 0.3 is 21.7 Å². The summed E-state index contributed by atoms with van der Waals surface area (Å²) in [7, 11) is 0. The van der Waals surface area contributed by atoms with Crippen molar-refractivity contribution in [1.82, 2.24) is 29.1 Å². The molecule has 2 fully saturated rings. The number of aromatic amines is 1. The van der Waals surface area contributed by atoms with Gasteiger partial charge in [-0.15, -0.1) is 0 Å². The molecule has 6 heterocycles. The summed E-state index contributed by atoms with van der Waals surface area (Å²) in [6.07, 6.45) is -12.5. The van der Waals surface area contributed by atoms with Gasteiger partial charge in [-0.25, -0.2) is 0 Å². The van der Waals surface area contributed by atoms with Crippen molar-refractivity contribution in [2.75, 3.05) is 24.7 Å². The monoisotopic (exact) mass is 842 g/mol. The Kier molecular flexibility index (Phi) is 11.7. The van der Waals surface area contributed by atoms with Crippen molar-refractivity contribution in [2.45, 2.75) is 95.8 Å². The Balaban J connectivity index is 1.27. The number of anilines is 2. The number of rotatable bonds is 12. The molecule has 10 atom stereocenters. The Bertz CT molecular complexity index is 2340. The van der Waals surface area contributed by atoms with Gasteiger partial charge in [0.2, 0.25) is 11.9 Å². The van der Waals surface area contributed by atoms with E-state index in [9.17, 15) is 39.3 Å². The van der Waals surface area contributed by atoms with Gasteiger partial charge < -0.3 is 62.1 Å². The number of esters is 2. The van der Waals surface area contributed by atoms with E-state index >= 15 is 0 Å². The second kappa shape index (κ2) is 16.0. The van der Waals surface area contributed by atoms with Crippen molar-refractivity contribution >= 4 is 67.2 Å². The van der Waals surface area contributed by atoms with Crippen LogP contribution in [0, 0.1) is 11.3 Å². The Morgan fingerprint density at radius 2 is 1.40 bits per heavy atom. The summed E-state index contributed by atoms with van der Waals surface area (Å²) in [6.45, 7) is 7.52. The summed E-state index contributed by atoms with van der Waals surface area (Å²) in [5.74, 6) is -3.12. The number of hydrogen-bond donors (Lipinski definition) is 8. The average Bonchev–Trinajstić information content (AvgIpc) is 3.83. The minimum absolute atomic E-state index is 0.0969. The van der Waals surface area contributed by atoms with Crippen LogP contribution in [0.25, 0.3) is 20.7 Å². The van der Waals surface area contributed by atoms with E-state index in [4.69, 9.17) is 51.7 Å². The summed E-state index contributed by atoms with van der Waals surface area (Å²) in [4.78, 5) is 88.2. The van der Waals surface area contributed by atoms with Gasteiger partial charge in [0.25, 0.3) is 11.4 Å². The molecule has 4 aromatic heterocycles. The molecule has 2 saturated heterocycles. The van der Waals surface area contributed by atoms with Crippen LogP contribution in [0.1, 0.15) is 47.1 Å². The van der Waals surface area contributed by atoms with Crippen molar-refractivity contribution in [3.05, 3.63) is 29.7 Å². The number of aliphatic hydroxyl groups is 3. The maximum absolute atomic E-state index is 13.4. The number of ether oxygens (including phenoxy) is 4. The molecule has 0 spiro atoms. The minimum Gasteiger partial charge on any atom is -0.462 e. The minimum atomic E-state index is -1.78. The first-order valence-corrected chi connectivity index (χ1v) is 18.9. The van der Waals surface area contributed by atoms with Crippen molar-refractivity contribution in [3.8, 4) is 5.88 Å². The number of nitrogens with zero attached hydrogens (tertiary/aromatic N) is 5. The van der Waals surface area contributed by atoms with Crippen molar-refractivity contribution < 1.29 is 53.6 Å². The fourth-order valence-electron chi connectivity index (χ4n) is 5.87. The van der Waals surface area contributed by atoms with E-state index in [-0.39, 0.29) is 32.6 Å². The molecule has 24 nitrogen and oxygen atoms in total. The third kappa shape index (κ3) is 8.09. The maximum Gasteiger partial charge on any atom is 0.323 e. The molecule has 2 aliphatic heterocycles. The van der Waals surface area contributed by atoms with Crippen LogP contribution in [0.5, 0.6) is 5.88 Å². The lowest BCUT2D eigenvalue weighted by molar-refractivity contribution is -0.271. The van der Waals surface area contributed by atoms with Crippen LogP contribution in [-0.2, 0) is 33.4 Å². The molecule has 0 radical (unpaired) electrons. The first-order valence-electron chi connectivity index (χ1n) is 17.3. The third-order valence-corrected chi connectivity index (χ3v) is 11.2. The molecule has 0 bridgehead atoms. The summed E-state index contributed by atoms with van der Waals surface area (Å²) in [5, 5.41) is 33.2. The number of carbonyl (C=O) groups is 2. The SMILES string of the molecule is CC(C)[C@H](N)C(=O)OC[C@H]1O[C@@H](n2c(=O)sc3c(=O)[nH]c(N)nc32)[C@H](O)[C@@H]1OOc1nc(N)nc2c1sc(=O)n2[C@@H]1O[C@H](COC(=O)[C@@H](N)C(C)(C)C)[C@@H](O)[C@H]1O. The normalized spacial score (nSPS) is 26.3. The molecule has 0 aromatic carbocycles. The molecular formula is C31H42N10O14S2. The van der Waals surface area contributed by atoms with E-state index in [0.29, 0.717) is 22.7 Å². The van der Waals surface area contributed by atoms with Crippen LogP contribution in [0.15, 0.2) is 14.4 Å². The largest absolute Gasteiger partial charge is 0.462 e. The number of H-pyrrole nitrogens is 1. The van der Waals surface area contributed by atoms with Crippen LogP contribution in [0.2, 0.25) is 0 Å². The van der Waals surface area contributed by atoms with Gasteiger partial charge in [0.15, 0.2) is 29.9 Å². The molecule has 6 rings (SSSR count). The standard InChI is InChI=1S/C31H42N10O14S2/c1-8(2)11(32)25(46)50-7-10-15(14(44)24(53-10)40-19-16(56-29(40)48)21(45)38-27(34)36-19)54-55-22-17-20(37-28(35)39-22)41(30(49)57-17)23-13(43)12(42)9(52-23)6-51-26(47)18(33)31(3,4)5/h8-15,18,23-24,42-44H,6-7,32-33H2,1-5H3,(H2,35,37,39)(H3,34,36,38,45)/t9-,10-,11+,12-,13-,14-,15-,18-,23-,24-/m1/s1. The second-order valence-corrected chi connectivity index (χ2v) is 16.7. The molecule has 0 aliphatic carbocycles. The van der Waals surface area contributed by atoms with Crippen LogP contribution in [0.3, 0.4) is 0 Å². The summed E-state index contributed by atoms with van der Waals surface area (Å²) in [5.41, 5.74) is 21.8. The smallest absolute Gasteiger partial charge is 0.323 e. The quantitative estimate of drug-likeness (QED) is 0.0405. The number of aromatic nitrogens is 6. The zero-order valence-corrected chi connectivity index (χ0v) is 32.6. The summed E-state index contributed by atoms with van der Waals surface area (Å²) in [6, 6.07) is -2.02. The molecule has 57 heavy (non-hydrogen) atoms. The first-order chi connectivity index (χ1) is 26.7. The van der Waals surface area contributed by atoms with Gasteiger partial charge in [0, 0.05) is 0 Å². The average molecular weight is 843 g/mol. The molecule has 12 N–H and O–H groups in total. The van der Waals surface area contributed by atoms with Crippen LogP contribution in [-0.4, -0.2) is 118 Å². The number of carbonyl (C=O) groups excluding carboxylic acids is 2. The summed E-state index contributed by atoms with van der Waals surface area (Å²) >= 11 is 1.03.